The van der Waals surface area contributed by atoms with E-state index in [1.807, 2.05) is 0 Å². The van der Waals surface area contributed by atoms with Crippen molar-refractivity contribution in [2.45, 2.75) is 45.3 Å². The first kappa shape index (κ1) is 16.6. The third-order valence-electron chi connectivity index (χ3n) is 6.97. The highest BCUT2D eigenvalue weighted by molar-refractivity contribution is 6.03. The van der Waals surface area contributed by atoms with E-state index < -0.39 is 0 Å². The molecule has 1 aliphatic heterocycles. The van der Waals surface area contributed by atoms with Gasteiger partial charge in [0.2, 0.25) is 0 Å². The summed E-state index contributed by atoms with van der Waals surface area (Å²) in [5, 5.41) is 1.24. The van der Waals surface area contributed by atoms with E-state index in [2.05, 4.69) is 73.0 Å². The van der Waals surface area contributed by atoms with Crippen LogP contribution < -0.4 is 4.74 Å². The van der Waals surface area contributed by atoms with Crippen LogP contribution in [0.3, 0.4) is 0 Å². The van der Waals surface area contributed by atoms with Crippen LogP contribution in [0.1, 0.15) is 48.2 Å². The number of hydrogen-bond donors (Lipinski definition) is 0. The molecular formula is C27H23NO2. The summed E-state index contributed by atoms with van der Waals surface area (Å²) in [6.45, 7) is 4.60. The van der Waals surface area contributed by atoms with Gasteiger partial charge in [0.1, 0.15) is 23.2 Å². The summed E-state index contributed by atoms with van der Waals surface area (Å²) < 4.78 is 15.2. The van der Waals surface area contributed by atoms with E-state index in [9.17, 15) is 0 Å². The molecule has 0 radical (unpaired) electrons. The van der Waals surface area contributed by atoms with Crippen LogP contribution in [-0.2, 0) is 19.3 Å². The molecule has 0 saturated heterocycles. The minimum atomic E-state index is 0.115. The molecule has 148 valence electrons. The number of hydrogen-bond acceptors (Lipinski definition) is 2. The highest BCUT2D eigenvalue weighted by Crippen LogP contribution is 2.51. The number of fused-ring (bicyclic) bond motifs is 10. The van der Waals surface area contributed by atoms with Crippen molar-refractivity contribution < 1.29 is 9.15 Å². The molecule has 1 unspecified atom stereocenters. The predicted octanol–water partition coefficient (Wildman–Crippen LogP) is 6.44. The van der Waals surface area contributed by atoms with Crippen LogP contribution >= 0.6 is 0 Å². The molecule has 0 bridgehead atoms. The molecule has 4 aromatic rings. The number of furan rings is 1. The molecule has 1 atom stereocenters. The van der Waals surface area contributed by atoms with Gasteiger partial charge in [-0.1, -0.05) is 36.4 Å². The van der Waals surface area contributed by atoms with Crippen molar-refractivity contribution >= 4 is 22.6 Å². The molecule has 0 saturated carbocycles. The molecule has 0 fully saturated rings. The van der Waals surface area contributed by atoms with Gasteiger partial charge in [0.15, 0.2) is 0 Å². The first-order chi connectivity index (χ1) is 14.7. The number of aromatic nitrogens is 1. The topological polar surface area (TPSA) is 27.3 Å². The van der Waals surface area contributed by atoms with E-state index in [-0.39, 0.29) is 6.10 Å². The minimum absolute atomic E-state index is 0.115. The maximum absolute atomic E-state index is 6.36. The molecule has 0 amide bonds. The summed E-state index contributed by atoms with van der Waals surface area (Å²) in [6, 6.07) is 17.3. The summed E-state index contributed by atoms with van der Waals surface area (Å²) >= 11 is 0. The van der Waals surface area contributed by atoms with Gasteiger partial charge >= 0.3 is 0 Å². The van der Waals surface area contributed by atoms with Crippen LogP contribution in [0.15, 0.2) is 52.9 Å². The molecule has 30 heavy (non-hydrogen) atoms. The number of benzene rings is 2. The summed E-state index contributed by atoms with van der Waals surface area (Å²) in [4.78, 5) is 0. The summed E-state index contributed by atoms with van der Waals surface area (Å²) in [5.74, 6) is 2.15. The molecule has 7 rings (SSSR count). The van der Waals surface area contributed by atoms with E-state index in [0.717, 1.165) is 36.4 Å². The minimum Gasteiger partial charge on any atom is -0.485 e. The normalized spacial score (nSPS) is 18.4. The van der Waals surface area contributed by atoms with Gasteiger partial charge in [-0.15, -0.1) is 0 Å². The van der Waals surface area contributed by atoms with Gasteiger partial charge in [0.25, 0.3) is 0 Å². The molecule has 0 spiro atoms. The third kappa shape index (κ3) is 2.00. The maximum atomic E-state index is 6.36. The maximum Gasteiger partial charge on any atom is 0.134 e. The fourth-order valence-electron chi connectivity index (χ4n) is 5.85. The molecule has 3 heterocycles. The van der Waals surface area contributed by atoms with E-state index in [4.69, 9.17) is 9.15 Å². The smallest absolute Gasteiger partial charge is 0.134 e. The SMILES string of the molecule is CC(C)n1c2c(c3c1CCc1oc4ccccc4c1-3)C=C1c3ccccc3OC1C2. The Balaban J connectivity index is 1.56. The Kier molecular flexibility index (Phi) is 3.15. The van der Waals surface area contributed by atoms with E-state index in [1.54, 1.807) is 0 Å². The van der Waals surface area contributed by atoms with Gasteiger partial charge in [0, 0.05) is 63.5 Å². The van der Waals surface area contributed by atoms with Gasteiger partial charge < -0.3 is 13.7 Å². The van der Waals surface area contributed by atoms with Crippen molar-refractivity contribution in [3.8, 4) is 16.9 Å². The molecule has 0 N–H and O–H groups in total. The molecule has 2 aliphatic carbocycles. The highest BCUT2D eigenvalue weighted by Gasteiger charge is 2.38. The zero-order valence-corrected chi connectivity index (χ0v) is 17.2. The summed E-state index contributed by atoms with van der Waals surface area (Å²) in [7, 11) is 0. The lowest BCUT2D eigenvalue weighted by Crippen LogP contribution is -2.22. The second kappa shape index (κ2) is 5.69. The van der Waals surface area contributed by atoms with Crippen LogP contribution in [0.4, 0.5) is 0 Å². The zero-order valence-electron chi connectivity index (χ0n) is 17.2. The van der Waals surface area contributed by atoms with Crippen molar-refractivity contribution in [3.05, 3.63) is 76.8 Å². The van der Waals surface area contributed by atoms with E-state index in [1.165, 1.54) is 44.6 Å². The number of ether oxygens (including phenoxy) is 1. The molecule has 3 nitrogen and oxygen atoms in total. The van der Waals surface area contributed by atoms with Crippen molar-refractivity contribution in [1.29, 1.82) is 0 Å². The van der Waals surface area contributed by atoms with Gasteiger partial charge in [-0.05, 0) is 38.5 Å². The highest BCUT2D eigenvalue weighted by atomic mass is 16.5. The quantitative estimate of drug-likeness (QED) is 0.372. The molecular weight excluding hydrogens is 370 g/mol. The van der Waals surface area contributed by atoms with Gasteiger partial charge in [-0.25, -0.2) is 0 Å². The average molecular weight is 393 g/mol. The Morgan fingerprint density at radius 3 is 2.67 bits per heavy atom. The van der Waals surface area contributed by atoms with Crippen LogP contribution in [0, 0.1) is 0 Å². The second-order valence-electron chi connectivity index (χ2n) is 8.95. The predicted molar refractivity (Wildman–Crippen MR) is 120 cm³/mol. The Morgan fingerprint density at radius 1 is 0.933 bits per heavy atom. The van der Waals surface area contributed by atoms with Crippen molar-refractivity contribution in [2.24, 2.45) is 0 Å². The van der Waals surface area contributed by atoms with Crippen LogP contribution in [0.5, 0.6) is 5.75 Å². The van der Waals surface area contributed by atoms with Crippen LogP contribution in [0.25, 0.3) is 33.7 Å². The Labute approximate surface area is 175 Å². The van der Waals surface area contributed by atoms with Crippen molar-refractivity contribution in [2.75, 3.05) is 0 Å². The lowest BCUT2D eigenvalue weighted by atomic mass is 9.85. The Bertz CT molecular complexity index is 1380. The van der Waals surface area contributed by atoms with E-state index in [0.29, 0.717) is 6.04 Å². The van der Waals surface area contributed by atoms with Crippen molar-refractivity contribution in [1.82, 2.24) is 4.57 Å². The zero-order chi connectivity index (χ0) is 20.0. The number of rotatable bonds is 1. The number of aryl methyl sites for hydroxylation is 1. The number of nitrogens with zero attached hydrogens (tertiary/aromatic N) is 1. The monoisotopic (exact) mass is 393 g/mol. The second-order valence-corrected chi connectivity index (χ2v) is 8.95. The summed E-state index contributed by atoms with van der Waals surface area (Å²) in [5.41, 5.74) is 10.5. The fourth-order valence-corrected chi connectivity index (χ4v) is 5.85. The number of para-hydroxylation sites is 2. The first-order valence-electron chi connectivity index (χ1n) is 10.9. The van der Waals surface area contributed by atoms with Gasteiger partial charge in [-0.2, -0.15) is 0 Å². The van der Waals surface area contributed by atoms with E-state index >= 15 is 0 Å². The van der Waals surface area contributed by atoms with Crippen LogP contribution in [0.2, 0.25) is 0 Å². The van der Waals surface area contributed by atoms with Crippen molar-refractivity contribution in [3.63, 3.8) is 0 Å². The lowest BCUT2D eigenvalue weighted by Gasteiger charge is -2.23. The summed E-state index contributed by atoms with van der Waals surface area (Å²) in [6.07, 6.45) is 5.44. The Morgan fingerprint density at radius 2 is 1.77 bits per heavy atom. The van der Waals surface area contributed by atoms with Gasteiger partial charge in [-0.3, -0.25) is 0 Å². The standard InChI is InChI=1S/C27H23NO2/c1-15(2)28-20-11-12-24-27(17-8-4-6-10-23(17)29-24)26(20)19-13-18-16-7-3-5-9-22(16)30-25(18)14-21(19)28/h3-10,13,15,25H,11-12,14H2,1-2H3. The molecule has 2 aromatic carbocycles. The molecule has 2 aromatic heterocycles. The van der Waals surface area contributed by atoms with Gasteiger partial charge in [0.05, 0.1) is 0 Å². The Hall–Kier alpha value is -3.20. The largest absolute Gasteiger partial charge is 0.485 e. The lowest BCUT2D eigenvalue weighted by molar-refractivity contribution is 0.271. The third-order valence-corrected chi connectivity index (χ3v) is 6.97. The molecule has 3 heteroatoms. The molecule has 3 aliphatic rings. The first-order valence-corrected chi connectivity index (χ1v) is 10.9. The van der Waals surface area contributed by atoms with Crippen LogP contribution in [-0.4, -0.2) is 10.7 Å². The fraction of sp³-hybridized carbons (Fsp3) is 0.259. The average Bonchev–Trinajstić information content (AvgIpc) is 3.40.